The zero-order valence-corrected chi connectivity index (χ0v) is 13.4. The standard InChI is InChI=1S/C14H32NP/c1-7-9-11-15(10-8-2)14(5,6)13(16)12(3)4/h12-13H,7-11,16H2,1-6H3. The first kappa shape index (κ1) is 16.4. The minimum atomic E-state index is 0.296. The van der Waals surface area contributed by atoms with Crippen molar-refractivity contribution in [1.29, 1.82) is 0 Å². The van der Waals surface area contributed by atoms with E-state index >= 15 is 0 Å². The molecule has 0 N–H and O–H groups in total. The van der Waals surface area contributed by atoms with Gasteiger partial charge in [-0.1, -0.05) is 34.1 Å². The summed E-state index contributed by atoms with van der Waals surface area (Å²) in [6, 6.07) is 0. The molecule has 0 aliphatic rings. The lowest BCUT2D eigenvalue weighted by molar-refractivity contribution is 0.102. The van der Waals surface area contributed by atoms with Crippen molar-refractivity contribution in [2.24, 2.45) is 5.92 Å². The summed E-state index contributed by atoms with van der Waals surface area (Å²) < 4.78 is 0. The van der Waals surface area contributed by atoms with E-state index in [0.29, 0.717) is 11.2 Å². The fourth-order valence-corrected chi connectivity index (χ4v) is 2.54. The number of nitrogens with zero attached hydrogens (tertiary/aromatic N) is 1. The Labute approximate surface area is 106 Å². The molecule has 16 heavy (non-hydrogen) atoms. The van der Waals surface area contributed by atoms with Gasteiger partial charge in [-0.05, 0) is 51.4 Å². The van der Waals surface area contributed by atoms with Crippen LogP contribution < -0.4 is 0 Å². The molecule has 0 saturated heterocycles. The van der Waals surface area contributed by atoms with Crippen molar-refractivity contribution in [2.45, 2.75) is 72.0 Å². The molecule has 0 saturated carbocycles. The number of hydrogen-bond acceptors (Lipinski definition) is 1. The van der Waals surface area contributed by atoms with Crippen LogP contribution in [0, 0.1) is 5.92 Å². The zero-order chi connectivity index (χ0) is 12.8. The summed E-state index contributed by atoms with van der Waals surface area (Å²) in [6.07, 6.45) is 3.86. The highest BCUT2D eigenvalue weighted by Gasteiger charge is 2.33. The second-order valence-corrected chi connectivity index (χ2v) is 6.48. The molecule has 0 spiro atoms. The summed E-state index contributed by atoms with van der Waals surface area (Å²) in [5.41, 5.74) is 0.959. The monoisotopic (exact) mass is 245 g/mol. The van der Waals surface area contributed by atoms with Crippen LogP contribution in [0.25, 0.3) is 0 Å². The normalized spacial score (nSPS) is 14.8. The molecule has 0 aromatic rings. The van der Waals surface area contributed by atoms with E-state index in [1.54, 1.807) is 0 Å². The van der Waals surface area contributed by atoms with Gasteiger partial charge in [0.15, 0.2) is 0 Å². The Hall–Kier alpha value is 0.390. The van der Waals surface area contributed by atoms with Crippen LogP contribution in [0.1, 0.15) is 60.8 Å². The highest BCUT2D eigenvalue weighted by molar-refractivity contribution is 7.17. The van der Waals surface area contributed by atoms with Gasteiger partial charge in [0.1, 0.15) is 0 Å². The van der Waals surface area contributed by atoms with Crippen LogP contribution in [0.5, 0.6) is 0 Å². The van der Waals surface area contributed by atoms with E-state index in [9.17, 15) is 0 Å². The minimum absolute atomic E-state index is 0.296. The molecule has 0 fully saturated rings. The maximum absolute atomic E-state index is 3.06. The van der Waals surface area contributed by atoms with Crippen LogP contribution in [0.4, 0.5) is 0 Å². The molecular formula is C14H32NP. The van der Waals surface area contributed by atoms with Gasteiger partial charge in [0, 0.05) is 5.54 Å². The Morgan fingerprint density at radius 3 is 2.00 bits per heavy atom. The first-order valence-electron chi connectivity index (χ1n) is 6.88. The molecule has 0 aliphatic heterocycles. The van der Waals surface area contributed by atoms with Crippen molar-refractivity contribution >= 4 is 9.24 Å². The summed E-state index contributed by atoms with van der Waals surface area (Å²) in [4.78, 5) is 2.67. The summed E-state index contributed by atoms with van der Waals surface area (Å²) in [5.74, 6) is 0.723. The van der Waals surface area contributed by atoms with E-state index < -0.39 is 0 Å². The van der Waals surface area contributed by atoms with Gasteiger partial charge in [-0.15, -0.1) is 9.24 Å². The Morgan fingerprint density at radius 2 is 1.62 bits per heavy atom. The van der Waals surface area contributed by atoms with Gasteiger partial charge in [0.05, 0.1) is 0 Å². The van der Waals surface area contributed by atoms with E-state index in [4.69, 9.17) is 0 Å². The average Bonchev–Trinajstić information content (AvgIpc) is 2.22. The van der Waals surface area contributed by atoms with Crippen LogP contribution in [0.3, 0.4) is 0 Å². The molecule has 2 unspecified atom stereocenters. The number of rotatable bonds is 8. The Bertz CT molecular complexity index is 178. The second-order valence-electron chi connectivity index (χ2n) is 5.76. The van der Waals surface area contributed by atoms with Gasteiger partial charge >= 0.3 is 0 Å². The van der Waals surface area contributed by atoms with Crippen molar-refractivity contribution < 1.29 is 0 Å². The van der Waals surface area contributed by atoms with Gasteiger partial charge in [-0.25, -0.2) is 0 Å². The first-order chi connectivity index (χ1) is 7.37. The molecule has 0 aromatic carbocycles. The van der Waals surface area contributed by atoms with Crippen molar-refractivity contribution in [3.05, 3.63) is 0 Å². The molecule has 2 atom stereocenters. The molecule has 0 amide bonds. The van der Waals surface area contributed by atoms with E-state index in [-0.39, 0.29) is 0 Å². The number of unbranched alkanes of at least 4 members (excludes halogenated alkanes) is 1. The summed E-state index contributed by atoms with van der Waals surface area (Å²) in [7, 11) is 3.06. The minimum Gasteiger partial charge on any atom is -0.298 e. The number of hydrogen-bond donors (Lipinski definition) is 0. The predicted octanol–water partition coefficient (Wildman–Crippen LogP) is 4.18. The fraction of sp³-hybridized carbons (Fsp3) is 1.00. The zero-order valence-electron chi connectivity index (χ0n) is 12.2. The molecule has 0 rings (SSSR count). The first-order valence-corrected chi connectivity index (χ1v) is 7.55. The molecule has 0 heterocycles. The maximum Gasteiger partial charge on any atom is 0.0218 e. The molecule has 0 bridgehead atoms. The third-order valence-corrected chi connectivity index (χ3v) is 5.21. The van der Waals surface area contributed by atoms with Gasteiger partial charge in [0.2, 0.25) is 0 Å². The Kier molecular flexibility index (Phi) is 7.85. The Balaban J connectivity index is 4.59. The average molecular weight is 245 g/mol. The van der Waals surface area contributed by atoms with E-state index in [1.807, 2.05) is 0 Å². The molecular weight excluding hydrogens is 213 g/mol. The largest absolute Gasteiger partial charge is 0.298 e. The lowest BCUT2D eigenvalue weighted by Crippen LogP contribution is -2.52. The van der Waals surface area contributed by atoms with E-state index in [2.05, 4.69) is 55.7 Å². The van der Waals surface area contributed by atoms with Crippen molar-refractivity contribution in [3.63, 3.8) is 0 Å². The van der Waals surface area contributed by atoms with Crippen molar-refractivity contribution in [3.8, 4) is 0 Å². The lowest BCUT2D eigenvalue weighted by atomic mass is 9.89. The Morgan fingerprint density at radius 1 is 1.06 bits per heavy atom. The molecule has 2 heteroatoms. The molecule has 98 valence electrons. The highest BCUT2D eigenvalue weighted by atomic mass is 31.0. The maximum atomic E-state index is 3.06. The van der Waals surface area contributed by atoms with Gasteiger partial charge in [-0.3, -0.25) is 4.90 Å². The third kappa shape index (κ3) is 4.72. The van der Waals surface area contributed by atoms with Crippen LogP contribution in [-0.4, -0.2) is 29.2 Å². The second kappa shape index (κ2) is 7.67. The van der Waals surface area contributed by atoms with Gasteiger partial charge in [0.25, 0.3) is 0 Å². The summed E-state index contributed by atoms with van der Waals surface area (Å²) >= 11 is 0. The van der Waals surface area contributed by atoms with Crippen molar-refractivity contribution in [2.75, 3.05) is 13.1 Å². The highest BCUT2D eigenvalue weighted by Crippen LogP contribution is 2.31. The summed E-state index contributed by atoms with van der Waals surface area (Å²) in [6.45, 7) is 16.5. The van der Waals surface area contributed by atoms with Gasteiger partial charge in [-0.2, -0.15) is 0 Å². The predicted molar refractivity (Wildman–Crippen MR) is 79.2 cm³/mol. The molecule has 0 aliphatic carbocycles. The van der Waals surface area contributed by atoms with Crippen LogP contribution in [0.2, 0.25) is 0 Å². The van der Waals surface area contributed by atoms with E-state index in [0.717, 1.165) is 5.92 Å². The SMILES string of the molecule is CCCCN(CCC)C(C)(C)C(P)C(C)C. The smallest absolute Gasteiger partial charge is 0.0218 e. The van der Waals surface area contributed by atoms with Crippen LogP contribution in [-0.2, 0) is 0 Å². The fourth-order valence-electron chi connectivity index (χ4n) is 2.33. The summed E-state index contributed by atoms with van der Waals surface area (Å²) in [5, 5.41) is 0. The van der Waals surface area contributed by atoms with Crippen LogP contribution in [0.15, 0.2) is 0 Å². The topological polar surface area (TPSA) is 3.24 Å². The lowest BCUT2D eigenvalue weighted by Gasteiger charge is -2.44. The van der Waals surface area contributed by atoms with E-state index in [1.165, 1.54) is 32.4 Å². The molecule has 0 radical (unpaired) electrons. The quantitative estimate of drug-likeness (QED) is 0.580. The molecule has 1 nitrogen and oxygen atoms in total. The van der Waals surface area contributed by atoms with Gasteiger partial charge < -0.3 is 0 Å². The van der Waals surface area contributed by atoms with Crippen LogP contribution >= 0.6 is 9.24 Å². The van der Waals surface area contributed by atoms with Crippen molar-refractivity contribution in [1.82, 2.24) is 4.90 Å². The molecule has 0 aromatic heterocycles. The third-order valence-electron chi connectivity index (χ3n) is 3.62.